The van der Waals surface area contributed by atoms with Gasteiger partial charge in [0.25, 0.3) is 0 Å². The fourth-order valence-corrected chi connectivity index (χ4v) is 3.65. The number of aliphatic hydroxyl groups is 1. The van der Waals surface area contributed by atoms with Gasteiger partial charge in [0, 0.05) is 35.3 Å². The summed E-state index contributed by atoms with van der Waals surface area (Å²) in [7, 11) is 0. The SMILES string of the molecule is Cc1c(C(=O)c2ccccc2)c2ccccc2n1CCCCCCCO. The molecule has 0 atom stereocenters. The number of aryl methyl sites for hydroxylation is 1. The molecule has 0 fully saturated rings. The van der Waals surface area contributed by atoms with Gasteiger partial charge < -0.3 is 9.67 Å². The van der Waals surface area contributed by atoms with Gasteiger partial charge in [0.15, 0.2) is 5.78 Å². The van der Waals surface area contributed by atoms with Crippen molar-refractivity contribution >= 4 is 16.7 Å². The van der Waals surface area contributed by atoms with Crippen LogP contribution in [0.25, 0.3) is 10.9 Å². The number of fused-ring (bicyclic) bond motifs is 1. The zero-order valence-electron chi connectivity index (χ0n) is 15.4. The van der Waals surface area contributed by atoms with E-state index in [-0.39, 0.29) is 12.4 Å². The number of para-hydroxylation sites is 1. The third-order valence-electron chi connectivity index (χ3n) is 5.03. The molecule has 0 spiro atoms. The van der Waals surface area contributed by atoms with Crippen LogP contribution in [0.15, 0.2) is 54.6 Å². The maximum atomic E-state index is 13.1. The highest BCUT2D eigenvalue weighted by Crippen LogP contribution is 2.28. The molecule has 0 radical (unpaired) electrons. The van der Waals surface area contributed by atoms with Crippen LogP contribution in [0.2, 0.25) is 0 Å². The summed E-state index contributed by atoms with van der Waals surface area (Å²) in [6.07, 6.45) is 5.35. The minimum atomic E-state index is 0.0981. The van der Waals surface area contributed by atoms with Crippen LogP contribution in [0, 0.1) is 6.92 Å². The Morgan fingerprint density at radius 2 is 1.54 bits per heavy atom. The van der Waals surface area contributed by atoms with Crippen molar-refractivity contribution in [1.82, 2.24) is 4.57 Å². The minimum Gasteiger partial charge on any atom is -0.396 e. The van der Waals surface area contributed by atoms with Crippen molar-refractivity contribution in [2.24, 2.45) is 0 Å². The molecule has 0 aliphatic heterocycles. The van der Waals surface area contributed by atoms with Gasteiger partial charge in [-0.3, -0.25) is 4.79 Å². The monoisotopic (exact) mass is 349 g/mol. The number of aromatic nitrogens is 1. The quantitative estimate of drug-likeness (QED) is 0.430. The number of unbranched alkanes of at least 4 members (excludes halogenated alkanes) is 4. The maximum absolute atomic E-state index is 13.1. The predicted octanol–water partition coefficient (Wildman–Crippen LogP) is 5.12. The molecular formula is C23H27NO2. The Morgan fingerprint density at radius 1 is 0.885 bits per heavy atom. The van der Waals surface area contributed by atoms with E-state index in [4.69, 9.17) is 5.11 Å². The Labute approximate surface area is 155 Å². The lowest BCUT2D eigenvalue weighted by Crippen LogP contribution is -2.05. The van der Waals surface area contributed by atoms with Gasteiger partial charge in [0.1, 0.15) is 0 Å². The van der Waals surface area contributed by atoms with E-state index in [1.165, 1.54) is 0 Å². The van der Waals surface area contributed by atoms with Gasteiger partial charge in [-0.05, 0) is 25.8 Å². The number of ketones is 1. The van der Waals surface area contributed by atoms with Crippen molar-refractivity contribution in [3.63, 3.8) is 0 Å². The first-order valence-electron chi connectivity index (χ1n) is 9.52. The fourth-order valence-electron chi connectivity index (χ4n) is 3.65. The summed E-state index contributed by atoms with van der Waals surface area (Å²) in [5.74, 6) is 0.0981. The molecule has 0 aliphatic rings. The van der Waals surface area contributed by atoms with Crippen LogP contribution in [0.1, 0.15) is 53.7 Å². The zero-order chi connectivity index (χ0) is 18.4. The van der Waals surface area contributed by atoms with Crippen LogP contribution in [-0.4, -0.2) is 22.1 Å². The highest BCUT2D eigenvalue weighted by molar-refractivity contribution is 6.17. The average Bonchev–Trinajstić information content (AvgIpc) is 2.96. The van der Waals surface area contributed by atoms with Gasteiger partial charge in [-0.1, -0.05) is 67.8 Å². The number of rotatable bonds is 9. The lowest BCUT2D eigenvalue weighted by atomic mass is 10.0. The minimum absolute atomic E-state index is 0.0981. The van der Waals surface area contributed by atoms with E-state index < -0.39 is 0 Å². The number of carbonyl (C=O) groups excluding carboxylic acids is 1. The van der Waals surface area contributed by atoms with E-state index >= 15 is 0 Å². The summed E-state index contributed by atoms with van der Waals surface area (Å²) >= 11 is 0. The number of hydrogen-bond donors (Lipinski definition) is 1. The van der Waals surface area contributed by atoms with Crippen molar-refractivity contribution in [3.05, 3.63) is 71.4 Å². The fraction of sp³-hybridized carbons (Fsp3) is 0.348. The van der Waals surface area contributed by atoms with Crippen molar-refractivity contribution in [1.29, 1.82) is 0 Å². The van der Waals surface area contributed by atoms with Crippen molar-refractivity contribution in [2.45, 2.75) is 45.6 Å². The summed E-state index contributed by atoms with van der Waals surface area (Å²) in [6.45, 7) is 3.27. The Morgan fingerprint density at radius 3 is 2.31 bits per heavy atom. The Kier molecular flexibility index (Phi) is 6.24. The van der Waals surface area contributed by atoms with Crippen LogP contribution in [-0.2, 0) is 6.54 Å². The molecule has 0 unspecified atom stereocenters. The molecule has 3 heteroatoms. The van der Waals surface area contributed by atoms with Gasteiger partial charge >= 0.3 is 0 Å². The largest absolute Gasteiger partial charge is 0.396 e. The van der Waals surface area contributed by atoms with Gasteiger partial charge in [0.05, 0.1) is 5.56 Å². The molecule has 0 bridgehead atoms. The summed E-state index contributed by atoms with van der Waals surface area (Å²) in [5.41, 5.74) is 3.75. The molecule has 0 aliphatic carbocycles. The third kappa shape index (κ3) is 3.88. The molecule has 1 aromatic heterocycles. The van der Waals surface area contributed by atoms with E-state index in [1.54, 1.807) is 0 Å². The van der Waals surface area contributed by atoms with Crippen molar-refractivity contribution < 1.29 is 9.90 Å². The second kappa shape index (κ2) is 8.81. The molecular weight excluding hydrogens is 322 g/mol. The van der Waals surface area contributed by atoms with E-state index in [0.29, 0.717) is 0 Å². The molecule has 0 saturated heterocycles. The summed E-state index contributed by atoms with van der Waals surface area (Å²) in [6, 6.07) is 17.7. The second-order valence-electron chi connectivity index (χ2n) is 6.82. The zero-order valence-corrected chi connectivity index (χ0v) is 15.4. The molecule has 3 aromatic rings. The lowest BCUT2D eigenvalue weighted by Gasteiger charge is -2.09. The highest BCUT2D eigenvalue weighted by atomic mass is 16.2. The Bertz CT molecular complexity index is 865. The van der Waals surface area contributed by atoms with Crippen LogP contribution in [0.5, 0.6) is 0 Å². The molecule has 3 nitrogen and oxygen atoms in total. The number of nitrogens with zero attached hydrogens (tertiary/aromatic N) is 1. The molecule has 136 valence electrons. The molecule has 1 N–H and O–H groups in total. The van der Waals surface area contributed by atoms with E-state index in [0.717, 1.165) is 66.4 Å². The van der Waals surface area contributed by atoms with Gasteiger partial charge in [0.2, 0.25) is 0 Å². The molecule has 1 heterocycles. The average molecular weight is 349 g/mol. The van der Waals surface area contributed by atoms with Crippen LogP contribution in [0.4, 0.5) is 0 Å². The number of carbonyl (C=O) groups is 1. The summed E-state index contributed by atoms with van der Waals surface area (Å²) < 4.78 is 2.29. The van der Waals surface area contributed by atoms with Crippen molar-refractivity contribution in [3.8, 4) is 0 Å². The van der Waals surface area contributed by atoms with Gasteiger partial charge in [-0.2, -0.15) is 0 Å². The summed E-state index contributed by atoms with van der Waals surface area (Å²) in [4.78, 5) is 13.1. The van der Waals surface area contributed by atoms with E-state index in [2.05, 4.69) is 23.6 Å². The first-order valence-corrected chi connectivity index (χ1v) is 9.52. The highest BCUT2D eigenvalue weighted by Gasteiger charge is 2.20. The van der Waals surface area contributed by atoms with Gasteiger partial charge in [-0.15, -0.1) is 0 Å². The number of hydrogen-bond acceptors (Lipinski definition) is 2. The molecule has 0 amide bonds. The number of aliphatic hydroxyl groups excluding tert-OH is 1. The molecule has 2 aromatic carbocycles. The maximum Gasteiger partial charge on any atom is 0.195 e. The van der Waals surface area contributed by atoms with Gasteiger partial charge in [-0.25, -0.2) is 0 Å². The second-order valence-corrected chi connectivity index (χ2v) is 6.82. The normalized spacial score (nSPS) is 11.2. The lowest BCUT2D eigenvalue weighted by molar-refractivity contribution is 0.103. The molecule has 3 rings (SSSR count). The van der Waals surface area contributed by atoms with Crippen LogP contribution in [0.3, 0.4) is 0 Å². The Balaban J connectivity index is 1.86. The predicted molar refractivity (Wildman–Crippen MR) is 107 cm³/mol. The summed E-state index contributed by atoms with van der Waals surface area (Å²) in [5, 5.41) is 9.91. The first-order chi connectivity index (χ1) is 12.7. The number of benzene rings is 2. The van der Waals surface area contributed by atoms with E-state index in [9.17, 15) is 4.79 Å². The van der Waals surface area contributed by atoms with E-state index in [1.807, 2.05) is 42.5 Å². The smallest absolute Gasteiger partial charge is 0.195 e. The standard InChI is InChI=1S/C23H27NO2/c1-18-22(23(26)19-12-6-5-7-13-19)20-14-8-9-15-21(20)24(18)16-10-3-2-4-11-17-25/h5-9,12-15,25H,2-4,10-11,16-17H2,1H3. The molecule has 26 heavy (non-hydrogen) atoms. The topological polar surface area (TPSA) is 42.2 Å². The van der Waals surface area contributed by atoms with Crippen LogP contribution < -0.4 is 0 Å². The Hall–Kier alpha value is -2.39. The van der Waals surface area contributed by atoms with Crippen LogP contribution >= 0.6 is 0 Å². The first kappa shape index (κ1) is 18.4. The third-order valence-corrected chi connectivity index (χ3v) is 5.03. The molecule has 0 saturated carbocycles. The van der Waals surface area contributed by atoms with Crippen molar-refractivity contribution in [2.75, 3.05) is 6.61 Å².